The zero-order valence-corrected chi connectivity index (χ0v) is 12.5. The Morgan fingerprint density at radius 1 is 0.905 bits per heavy atom. The van der Waals surface area contributed by atoms with Crippen molar-refractivity contribution in [2.24, 2.45) is 5.73 Å². The number of hydrogen-bond donors (Lipinski definition) is 1. The third-order valence-corrected chi connectivity index (χ3v) is 3.79. The maximum absolute atomic E-state index is 6.22. The molecule has 0 radical (unpaired) electrons. The third-order valence-electron chi connectivity index (χ3n) is 3.46. The van der Waals surface area contributed by atoms with Gasteiger partial charge in [-0.2, -0.15) is 0 Å². The number of benzene rings is 3. The van der Waals surface area contributed by atoms with Gasteiger partial charge in [-0.3, -0.25) is 0 Å². The molecule has 0 unspecified atom stereocenters. The molecule has 106 valence electrons. The van der Waals surface area contributed by atoms with E-state index < -0.39 is 0 Å². The summed E-state index contributed by atoms with van der Waals surface area (Å²) in [5.74, 6) is 1.58. The standard InChI is InChI=1S/C18H16ClNO/c1-12(20)13-6-8-14(9-7-13)21-18-11-10-17(19)15-4-2-3-5-16(15)18/h2-12H,20H2,1H3/t12-/m0/s1. The Balaban J connectivity index is 1.96. The molecule has 0 aliphatic carbocycles. The number of rotatable bonds is 3. The summed E-state index contributed by atoms with van der Waals surface area (Å²) in [5.41, 5.74) is 6.94. The minimum atomic E-state index is 0.0235. The minimum absolute atomic E-state index is 0.0235. The minimum Gasteiger partial charge on any atom is -0.457 e. The maximum atomic E-state index is 6.22. The highest BCUT2D eigenvalue weighted by atomic mass is 35.5. The van der Waals surface area contributed by atoms with Gasteiger partial charge in [-0.05, 0) is 36.8 Å². The largest absolute Gasteiger partial charge is 0.457 e. The van der Waals surface area contributed by atoms with Gasteiger partial charge in [0.15, 0.2) is 0 Å². The molecule has 0 heterocycles. The van der Waals surface area contributed by atoms with Crippen LogP contribution >= 0.6 is 11.6 Å². The molecule has 0 saturated heterocycles. The van der Waals surface area contributed by atoms with Crippen molar-refractivity contribution in [3.63, 3.8) is 0 Å². The molecule has 1 atom stereocenters. The van der Waals surface area contributed by atoms with Crippen LogP contribution in [0.3, 0.4) is 0 Å². The van der Waals surface area contributed by atoms with Crippen LogP contribution < -0.4 is 10.5 Å². The maximum Gasteiger partial charge on any atom is 0.135 e. The van der Waals surface area contributed by atoms with Gasteiger partial charge in [0.2, 0.25) is 0 Å². The summed E-state index contributed by atoms with van der Waals surface area (Å²) >= 11 is 6.22. The molecule has 0 amide bonds. The normalized spacial score (nSPS) is 12.3. The van der Waals surface area contributed by atoms with Crippen LogP contribution in [0.2, 0.25) is 5.02 Å². The molecule has 0 aliphatic rings. The SMILES string of the molecule is C[C@H](N)c1ccc(Oc2ccc(Cl)c3ccccc23)cc1. The first-order chi connectivity index (χ1) is 10.1. The van der Waals surface area contributed by atoms with Crippen LogP contribution in [-0.2, 0) is 0 Å². The molecular formula is C18H16ClNO. The molecule has 21 heavy (non-hydrogen) atoms. The lowest BCUT2D eigenvalue weighted by Gasteiger charge is -2.11. The van der Waals surface area contributed by atoms with E-state index in [0.717, 1.165) is 32.9 Å². The van der Waals surface area contributed by atoms with Crippen molar-refractivity contribution in [3.05, 3.63) is 71.2 Å². The first-order valence-corrected chi connectivity index (χ1v) is 7.23. The Hall–Kier alpha value is -2.03. The van der Waals surface area contributed by atoms with Gasteiger partial charge in [-0.15, -0.1) is 0 Å². The van der Waals surface area contributed by atoms with E-state index in [1.165, 1.54) is 0 Å². The highest BCUT2D eigenvalue weighted by Gasteiger charge is 2.07. The van der Waals surface area contributed by atoms with Crippen LogP contribution in [0, 0.1) is 0 Å². The molecule has 0 aromatic heterocycles. The van der Waals surface area contributed by atoms with Gasteiger partial charge in [-0.1, -0.05) is 48.0 Å². The van der Waals surface area contributed by atoms with E-state index in [1.807, 2.05) is 67.6 Å². The van der Waals surface area contributed by atoms with Crippen LogP contribution in [0.1, 0.15) is 18.5 Å². The van der Waals surface area contributed by atoms with Crippen molar-refractivity contribution in [2.45, 2.75) is 13.0 Å². The number of ether oxygens (including phenoxy) is 1. The lowest BCUT2D eigenvalue weighted by atomic mass is 10.1. The molecule has 3 heteroatoms. The molecule has 2 N–H and O–H groups in total. The molecule has 3 aromatic rings. The molecule has 0 bridgehead atoms. The van der Waals surface area contributed by atoms with Crippen LogP contribution in [0.25, 0.3) is 10.8 Å². The zero-order chi connectivity index (χ0) is 14.8. The van der Waals surface area contributed by atoms with E-state index in [2.05, 4.69) is 0 Å². The molecule has 0 spiro atoms. The van der Waals surface area contributed by atoms with Gasteiger partial charge < -0.3 is 10.5 Å². The fraction of sp³-hybridized carbons (Fsp3) is 0.111. The van der Waals surface area contributed by atoms with Gasteiger partial charge in [0.05, 0.1) is 0 Å². The van der Waals surface area contributed by atoms with Gasteiger partial charge >= 0.3 is 0 Å². The lowest BCUT2D eigenvalue weighted by molar-refractivity contribution is 0.488. The zero-order valence-electron chi connectivity index (χ0n) is 11.7. The van der Waals surface area contributed by atoms with E-state index in [9.17, 15) is 0 Å². The molecule has 3 rings (SSSR count). The van der Waals surface area contributed by atoms with Crippen molar-refractivity contribution < 1.29 is 4.74 Å². The number of fused-ring (bicyclic) bond motifs is 1. The van der Waals surface area contributed by atoms with Gasteiger partial charge in [0.1, 0.15) is 11.5 Å². The van der Waals surface area contributed by atoms with Crippen molar-refractivity contribution >= 4 is 22.4 Å². The van der Waals surface area contributed by atoms with Crippen molar-refractivity contribution in [1.82, 2.24) is 0 Å². The Labute approximate surface area is 129 Å². The number of nitrogens with two attached hydrogens (primary N) is 1. The second-order valence-electron chi connectivity index (χ2n) is 5.05. The van der Waals surface area contributed by atoms with Crippen molar-refractivity contribution in [2.75, 3.05) is 0 Å². The number of hydrogen-bond acceptors (Lipinski definition) is 2. The van der Waals surface area contributed by atoms with E-state index >= 15 is 0 Å². The molecule has 3 aromatic carbocycles. The smallest absolute Gasteiger partial charge is 0.135 e. The Bertz CT molecular complexity index is 766. The summed E-state index contributed by atoms with van der Waals surface area (Å²) in [6.45, 7) is 1.96. The Morgan fingerprint density at radius 2 is 1.57 bits per heavy atom. The first-order valence-electron chi connectivity index (χ1n) is 6.86. The second-order valence-corrected chi connectivity index (χ2v) is 5.46. The topological polar surface area (TPSA) is 35.2 Å². The lowest BCUT2D eigenvalue weighted by Crippen LogP contribution is -2.04. The molecule has 0 aliphatic heterocycles. The Kier molecular flexibility index (Phi) is 3.82. The van der Waals surface area contributed by atoms with E-state index in [4.69, 9.17) is 22.1 Å². The predicted molar refractivity (Wildman–Crippen MR) is 88.1 cm³/mol. The summed E-state index contributed by atoms with van der Waals surface area (Å²) in [4.78, 5) is 0. The molecule has 2 nitrogen and oxygen atoms in total. The van der Waals surface area contributed by atoms with Crippen molar-refractivity contribution in [3.8, 4) is 11.5 Å². The average Bonchev–Trinajstić information content (AvgIpc) is 2.51. The van der Waals surface area contributed by atoms with Crippen LogP contribution in [0.4, 0.5) is 0 Å². The summed E-state index contributed by atoms with van der Waals surface area (Å²) in [5, 5.41) is 2.72. The quantitative estimate of drug-likeness (QED) is 0.711. The number of halogens is 1. The molecule has 0 fully saturated rings. The predicted octanol–water partition coefficient (Wildman–Crippen LogP) is 5.31. The molecular weight excluding hydrogens is 282 g/mol. The van der Waals surface area contributed by atoms with E-state index in [1.54, 1.807) is 0 Å². The monoisotopic (exact) mass is 297 g/mol. The third kappa shape index (κ3) is 2.87. The average molecular weight is 298 g/mol. The van der Waals surface area contributed by atoms with Crippen molar-refractivity contribution in [1.29, 1.82) is 0 Å². The summed E-state index contributed by atoms with van der Waals surface area (Å²) in [6, 6.07) is 19.5. The van der Waals surface area contributed by atoms with Crippen LogP contribution in [0.15, 0.2) is 60.7 Å². The van der Waals surface area contributed by atoms with Crippen LogP contribution in [-0.4, -0.2) is 0 Å². The van der Waals surface area contributed by atoms with Crippen LogP contribution in [0.5, 0.6) is 11.5 Å². The van der Waals surface area contributed by atoms with Gasteiger partial charge in [0.25, 0.3) is 0 Å². The summed E-state index contributed by atoms with van der Waals surface area (Å²) < 4.78 is 5.98. The van der Waals surface area contributed by atoms with E-state index in [-0.39, 0.29) is 6.04 Å². The summed E-state index contributed by atoms with van der Waals surface area (Å²) in [7, 11) is 0. The molecule has 0 saturated carbocycles. The van der Waals surface area contributed by atoms with Gasteiger partial charge in [-0.25, -0.2) is 0 Å². The first kappa shape index (κ1) is 13.9. The fourth-order valence-corrected chi connectivity index (χ4v) is 2.52. The Morgan fingerprint density at radius 3 is 2.24 bits per heavy atom. The van der Waals surface area contributed by atoms with E-state index in [0.29, 0.717) is 0 Å². The highest BCUT2D eigenvalue weighted by Crippen LogP contribution is 2.34. The second kappa shape index (κ2) is 5.76. The fourth-order valence-electron chi connectivity index (χ4n) is 2.29. The van der Waals surface area contributed by atoms with Gasteiger partial charge in [0, 0.05) is 21.8 Å². The summed E-state index contributed by atoms with van der Waals surface area (Å²) in [6.07, 6.45) is 0. The highest BCUT2D eigenvalue weighted by molar-refractivity contribution is 6.35.